The molecule has 0 aromatic carbocycles. The fourth-order valence-electron chi connectivity index (χ4n) is 2.78. The van der Waals surface area contributed by atoms with Crippen molar-refractivity contribution in [1.82, 2.24) is 4.98 Å². The first kappa shape index (κ1) is 17.5. The van der Waals surface area contributed by atoms with E-state index in [2.05, 4.69) is 31.0 Å². The first-order valence-corrected chi connectivity index (χ1v) is 8.77. The van der Waals surface area contributed by atoms with Crippen molar-refractivity contribution >= 4 is 11.6 Å². The topological polar surface area (TPSA) is 12.9 Å². The second-order valence-electron chi connectivity index (χ2n) is 5.81. The van der Waals surface area contributed by atoms with Gasteiger partial charge in [-0.15, -0.1) is 0 Å². The number of hydrogen-bond acceptors (Lipinski definition) is 1. The Labute approximate surface area is 130 Å². The van der Waals surface area contributed by atoms with E-state index in [4.69, 9.17) is 11.6 Å². The number of aromatic nitrogens is 1. The smallest absolute Gasteiger partial charge is 0.129 e. The van der Waals surface area contributed by atoms with Crippen LogP contribution in [0.15, 0.2) is 18.3 Å². The average molecular weight is 296 g/mol. The molecule has 0 saturated heterocycles. The molecule has 0 bridgehead atoms. The molecular weight excluding hydrogens is 266 g/mol. The number of unbranched alkanes of at least 4 members (excludes halogenated alkanes) is 6. The molecular formula is C18H30ClN. The molecule has 20 heavy (non-hydrogen) atoms. The van der Waals surface area contributed by atoms with Crippen molar-refractivity contribution < 1.29 is 0 Å². The molecule has 0 saturated carbocycles. The molecule has 0 amide bonds. The molecule has 1 aromatic rings. The van der Waals surface area contributed by atoms with E-state index >= 15 is 0 Å². The number of nitrogens with zero attached hydrogens (tertiary/aromatic N) is 1. The van der Waals surface area contributed by atoms with E-state index in [-0.39, 0.29) is 0 Å². The van der Waals surface area contributed by atoms with Gasteiger partial charge in [-0.05, 0) is 36.5 Å². The van der Waals surface area contributed by atoms with E-state index in [1.165, 1.54) is 69.8 Å². The maximum atomic E-state index is 6.05. The lowest BCUT2D eigenvalue weighted by Gasteiger charge is -2.17. The van der Waals surface area contributed by atoms with Crippen LogP contribution in [0.3, 0.4) is 0 Å². The van der Waals surface area contributed by atoms with E-state index in [0.717, 1.165) is 0 Å². The summed E-state index contributed by atoms with van der Waals surface area (Å²) in [6.45, 7) is 4.54. The van der Waals surface area contributed by atoms with Crippen molar-refractivity contribution in [1.29, 1.82) is 0 Å². The molecule has 1 aromatic heterocycles. The van der Waals surface area contributed by atoms with Crippen molar-refractivity contribution in [3.05, 3.63) is 29.0 Å². The fraction of sp³-hybridized carbons (Fsp3) is 0.722. The maximum Gasteiger partial charge on any atom is 0.129 e. The van der Waals surface area contributed by atoms with Gasteiger partial charge in [0, 0.05) is 6.20 Å². The number of pyridine rings is 1. The predicted octanol–water partition coefficient (Wildman–Crippen LogP) is 6.76. The first-order valence-electron chi connectivity index (χ1n) is 8.39. The molecule has 0 aliphatic carbocycles. The summed E-state index contributed by atoms with van der Waals surface area (Å²) in [5.41, 5.74) is 1.39. The van der Waals surface area contributed by atoms with Crippen molar-refractivity contribution in [3.63, 3.8) is 0 Å². The number of hydrogen-bond donors (Lipinski definition) is 0. The molecule has 0 N–H and O–H groups in total. The van der Waals surface area contributed by atoms with Crippen molar-refractivity contribution in [2.75, 3.05) is 0 Å². The van der Waals surface area contributed by atoms with Crippen LogP contribution in [0.5, 0.6) is 0 Å². The molecule has 0 aliphatic heterocycles. The van der Waals surface area contributed by atoms with Crippen LogP contribution < -0.4 is 0 Å². The van der Waals surface area contributed by atoms with Gasteiger partial charge in [0.2, 0.25) is 0 Å². The van der Waals surface area contributed by atoms with Gasteiger partial charge >= 0.3 is 0 Å². The Hall–Kier alpha value is -0.560. The molecule has 0 unspecified atom stereocenters. The summed E-state index contributed by atoms with van der Waals surface area (Å²) in [5.74, 6) is 0.671. The Morgan fingerprint density at radius 1 is 0.950 bits per heavy atom. The summed E-state index contributed by atoms with van der Waals surface area (Å²) in [6, 6.07) is 4.21. The summed E-state index contributed by atoms with van der Waals surface area (Å²) in [7, 11) is 0. The van der Waals surface area contributed by atoms with Gasteiger partial charge in [-0.2, -0.15) is 0 Å². The van der Waals surface area contributed by atoms with Crippen LogP contribution in [-0.2, 0) is 0 Å². The molecule has 1 nitrogen and oxygen atoms in total. The minimum absolute atomic E-state index is 0.634. The SMILES string of the molecule is CCCCCCC(CCCCCC)c1ccnc(Cl)c1. The van der Waals surface area contributed by atoms with Crippen LogP contribution in [-0.4, -0.2) is 4.98 Å². The zero-order valence-electron chi connectivity index (χ0n) is 13.2. The van der Waals surface area contributed by atoms with Crippen LogP contribution in [0.1, 0.15) is 89.5 Å². The zero-order chi connectivity index (χ0) is 14.6. The van der Waals surface area contributed by atoms with Crippen molar-refractivity contribution in [2.45, 2.75) is 84.0 Å². The highest BCUT2D eigenvalue weighted by Crippen LogP contribution is 2.29. The zero-order valence-corrected chi connectivity index (χ0v) is 14.0. The normalized spacial score (nSPS) is 11.2. The molecule has 0 radical (unpaired) electrons. The standard InChI is InChI=1S/C18H30ClN/c1-3-5-7-9-11-16(12-10-8-6-4-2)17-13-14-20-18(19)15-17/h13-16H,3-12H2,1-2H3. The van der Waals surface area contributed by atoms with Crippen molar-refractivity contribution in [3.8, 4) is 0 Å². The first-order chi connectivity index (χ1) is 9.77. The summed E-state index contributed by atoms with van der Waals surface area (Å²) in [4.78, 5) is 4.11. The molecule has 1 heterocycles. The molecule has 0 fully saturated rings. The Balaban J connectivity index is 2.49. The van der Waals surface area contributed by atoms with Gasteiger partial charge in [-0.25, -0.2) is 4.98 Å². The van der Waals surface area contributed by atoms with Crippen LogP contribution in [0.4, 0.5) is 0 Å². The summed E-state index contributed by atoms with van der Waals surface area (Å²) in [5, 5.41) is 0.634. The van der Waals surface area contributed by atoms with E-state index in [0.29, 0.717) is 11.1 Å². The van der Waals surface area contributed by atoms with E-state index in [9.17, 15) is 0 Å². The van der Waals surface area contributed by atoms with Gasteiger partial charge in [-0.3, -0.25) is 0 Å². The number of rotatable bonds is 11. The van der Waals surface area contributed by atoms with Gasteiger partial charge in [0.1, 0.15) is 5.15 Å². The fourth-order valence-corrected chi connectivity index (χ4v) is 2.97. The third kappa shape index (κ3) is 7.28. The van der Waals surface area contributed by atoms with Gasteiger partial charge in [0.25, 0.3) is 0 Å². The van der Waals surface area contributed by atoms with Gasteiger partial charge in [0.05, 0.1) is 0 Å². The Kier molecular flexibility index (Phi) is 9.74. The summed E-state index contributed by atoms with van der Waals surface area (Å²) >= 11 is 6.05. The van der Waals surface area contributed by atoms with E-state index < -0.39 is 0 Å². The minimum Gasteiger partial charge on any atom is -0.245 e. The molecule has 2 heteroatoms. The Morgan fingerprint density at radius 2 is 1.55 bits per heavy atom. The maximum absolute atomic E-state index is 6.05. The number of halogens is 1. The van der Waals surface area contributed by atoms with Gasteiger partial charge < -0.3 is 0 Å². The second-order valence-corrected chi connectivity index (χ2v) is 6.19. The molecule has 1 rings (SSSR count). The highest BCUT2D eigenvalue weighted by Gasteiger charge is 2.11. The Morgan fingerprint density at radius 3 is 2.05 bits per heavy atom. The Bertz CT molecular complexity index is 339. The third-order valence-electron chi connectivity index (χ3n) is 4.03. The summed E-state index contributed by atoms with van der Waals surface area (Å²) in [6.07, 6.45) is 15.2. The minimum atomic E-state index is 0.634. The molecule has 114 valence electrons. The second kappa shape index (κ2) is 11.1. The lowest BCUT2D eigenvalue weighted by Crippen LogP contribution is -2.00. The van der Waals surface area contributed by atoms with Crippen LogP contribution >= 0.6 is 11.6 Å². The van der Waals surface area contributed by atoms with Crippen LogP contribution in [0.25, 0.3) is 0 Å². The molecule has 0 atom stereocenters. The lowest BCUT2D eigenvalue weighted by molar-refractivity contribution is 0.496. The van der Waals surface area contributed by atoms with E-state index in [1.54, 1.807) is 0 Å². The quantitative estimate of drug-likeness (QED) is 0.324. The lowest BCUT2D eigenvalue weighted by atomic mass is 9.89. The largest absolute Gasteiger partial charge is 0.245 e. The molecule has 0 aliphatic rings. The van der Waals surface area contributed by atoms with Crippen molar-refractivity contribution in [2.24, 2.45) is 0 Å². The highest BCUT2D eigenvalue weighted by molar-refractivity contribution is 6.29. The third-order valence-corrected chi connectivity index (χ3v) is 4.24. The monoisotopic (exact) mass is 295 g/mol. The average Bonchev–Trinajstić information content (AvgIpc) is 2.45. The predicted molar refractivity (Wildman–Crippen MR) is 89.5 cm³/mol. The van der Waals surface area contributed by atoms with Crippen LogP contribution in [0.2, 0.25) is 5.15 Å². The summed E-state index contributed by atoms with van der Waals surface area (Å²) < 4.78 is 0. The van der Waals surface area contributed by atoms with Crippen LogP contribution in [0, 0.1) is 0 Å². The van der Waals surface area contributed by atoms with Gasteiger partial charge in [0.15, 0.2) is 0 Å². The van der Waals surface area contributed by atoms with Gasteiger partial charge in [-0.1, -0.05) is 76.8 Å². The molecule has 0 spiro atoms. The highest BCUT2D eigenvalue weighted by atomic mass is 35.5. The van der Waals surface area contributed by atoms with E-state index in [1.807, 2.05) is 6.20 Å².